The summed E-state index contributed by atoms with van der Waals surface area (Å²) in [5, 5.41) is 19.0. The Morgan fingerprint density at radius 3 is 2.37 bits per heavy atom. The fourth-order valence-corrected chi connectivity index (χ4v) is 4.65. The second-order valence-corrected chi connectivity index (χ2v) is 9.64. The van der Waals surface area contributed by atoms with Crippen LogP contribution < -0.4 is 0 Å². The van der Waals surface area contributed by atoms with Crippen LogP contribution in [0.25, 0.3) is 0 Å². The summed E-state index contributed by atoms with van der Waals surface area (Å²) in [6, 6.07) is 0. The number of carboxylic acids is 1. The molecule has 0 aliphatic heterocycles. The Bertz CT molecular complexity index is 828. The van der Waals surface area contributed by atoms with Crippen LogP contribution in [0.15, 0.2) is 58.9 Å². The molecule has 0 unspecified atom stereocenters. The molecule has 0 aromatic rings. The van der Waals surface area contributed by atoms with Crippen molar-refractivity contribution in [2.45, 2.75) is 44.8 Å². The number of allylic oxidation sites excluding steroid dienone is 8. The molecule has 0 saturated carbocycles. The lowest BCUT2D eigenvalue weighted by Crippen LogP contribution is -2.46. The van der Waals surface area contributed by atoms with Gasteiger partial charge >= 0.3 is 5.97 Å². The van der Waals surface area contributed by atoms with Crippen molar-refractivity contribution >= 4 is 16.0 Å². The summed E-state index contributed by atoms with van der Waals surface area (Å²) in [5.41, 5.74) is 1.86. The highest BCUT2D eigenvalue weighted by Gasteiger charge is 2.46. The smallest absolute Gasteiger partial charge is 0.328 e. The lowest BCUT2D eigenvalue weighted by Gasteiger charge is -2.36. The van der Waals surface area contributed by atoms with E-state index in [1.165, 1.54) is 18.4 Å². The molecule has 27 heavy (non-hydrogen) atoms. The van der Waals surface area contributed by atoms with E-state index in [4.69, 9.17) is 5.11 Å². The molecule has 0 aromatic carbocycles. The second kappa shape index (κ2) is 9.19. The van der Waals surface area contributed by atoms with E-state index in [0.29, 0.717) is 30.4 Å². The molecule has 0 aromatic heterocycles. The van der Waals surface area contributed by atoms with Crippen LogP contribution in [0.1, 0.15) is 40.0 Å². The van der Waals surface area contributed by atoms with Crippen LogP contribution in [-0.2, 0) is 14.8 Å². The molecule has 0 bridgehead atoms. The first-order chi connectivity index (χ1) is 12.4. The first kappa shape index (κ1) is 22.9. The van der Waals surface area contributed by atoms with Gasteiger partial charge in [0.2, 0.25) is 10.0 Å². The van der Waals surface area contributed by atoms with Gasteiger partial charge in [-0.05, 0) is 39.2 Å². The van der Waals surface area contributed by atoms with Gasteiger partial charge in [0.05, 0.1) is 5.76 Å². The average molecular weight is 396 g/mol. The predicted molar refractivity (Wildman–Crippen MR) is 108 cm³/mol. The minimum atomic E-state index is -3.60. The summed E-state index contributed by atoms with van der Waals surface area (Å²) in [4.78, 5) is 10.6. The van der Waals surface area contributed by atoms with Gasteiger partial charge in [-0.3, -0.25) is 0 Å². The van der Waals surface area contributed by atoms with E-state index in [1.807, 2.05) is 6.92 Å². The highest BCUT2D eigenvalue weighted by molar-refractivity contribution is 7.90. The summed E-state index contributed by atoms with van der Waals surface area (Å²) in [5.74, 6) is -0.896. The SMILES string of the molecule is CC(/C=C/C1=C(O)CCC[C@]1(C)S(=O)(=O)N(C)C)=C\C=C\C(C)=C\C(=O)O. The Morgan fingerprint density at radius 1 is 1.19 bits per heavy atom. The maximum Gasteiger partial charge on any atom is 0.328 e. The molecule has 0 fully saturated rings. The standard InChI is InChI=1S/C20H29NO5S/c1-15(8-6-9-16(2)14-19(23)24)11-12-17-18(22)10-7-13-20(17,3)27(25,26)21(4)5/h6,8-9,11-12,14,22H,7,10,13H2,1-5H3,(H,23,24)/b9-6+,12-11+,15-8+,16-14+/t20-/m0/s1. The van der Waals surface area contributed by atoms with Crippen LogP contribution in [0, 0.1) is 0 Å². The zero-order valence-corrected chi connectivity index (χ0v) is 17.4. The van der Waals surface area contributed by atoms with Crippen molar-refractivity contribution < 1.29 is 23.4 Å². The first-order valence-electron chi connectivity index (χ1n) is 8.70. The minimum absolute atomic E-state index is 0.106. The molecule has 2 N–H and O–H groups in total. The zero-order valence-electron chi connectivity index (χ0n) is 16.6. The van der Waals surface area contributed by atoms with Crippen molar-refractivity contribution in [2.24, 2.45) is 0 Å². The maximum absolute atomic E-state index is 12.8. The molecule has 0 saturated heterocycles. The van der Waals surface area contributed by atoms with Gasteiger partial charge < -0.3 is 10.2 Å². The molecule has 7 heteroatoms. The Morgan fingerprint density at radius 2 is 1.81 bits per heavy atom. The van der Waals surface area contributed by atoms with Gasteiger partial charge in [0, 0.05) is 32.2 Å². The third kappa shape index (κ3) is 5.68. The Labute approximate surface area is 161 Å². The summed E-state index contributed by atoms with van der Waals surface area (Å²) >= 11 is 0. The van der Waals surface area contributed by atoms with E-state index < -0.39 is 20.7 Å². The largest absolute Gasteiger partial charge is 0.512 e. The fraction of sp³-hybridized carbons (Fsp3) is 0.450. The fourth-order valence-electron chi connectivity index (χ4n) is 2.98. The summed E-state index contributed by atoms with van der Waals surface area (Å²) in [6.45, 7) is 5.18. The van der Waals surface area contributed by atoms with E-state index in [2.05, 4.69) is 0 Å². The second-order valence-electron chi connectivity index (χ2n) is 7.06. The molecule has 150 valence electrons. The molecular weight excluding hydrogens is 366 g/mol. The van der Waals surface area contributed by atoms with E-state index in [1.54, 1.807) is 44.2 Å². The highest BCUT2D eigenvalue weighted by atomic mass is 32.2. The van der Waals surface area contributed by atoms with Crippen molar-refractivity contribution in [3.05, 3.63) is 58.9 Å². The number of sulfonamides is 1. The lowest BCUT2D eigenvalue weighted by atomic mass is 9.86. The average Bonchev–Trinajstić information content (AvgIpc) is 2.53. The van der Waals surface area contributed by atoms with Gasteiger partial charge in [0.25, 0.3) is 0 Å². The number of aliphatic hydroxyl groups excluding tert-OH is 1. The van der Waals surface area contributed by atoms with Crippen LogP contribution in [0.3, 0.4) is 0 Å². The van der Waals surface area contributed by atoms with E-state index >= 15 is 0 Å². The summed E-state index contributed by atoms with van der Waals surface area (Å²) in [6.07, 6.45) is 11.2. The number of aliphatic carboxylic acids is 1. The number of hydrogen-bond donors (Lipinski definition) is 2. The number of carbonyl (C=O) groups is 1. The molecule has 1 aliphatic carbocycles. The maximum atomic E-state index is 12.8. The van der Waals surface area contributed by atoms with E-state index in [-0.39, 0.29) is 5.76 Å². The molecule has 1 atom stereocenters. The Kier molecular flexibility index (Phi) is 7.80. The monoisotopic (exact) mass is 395 g/mol. The lowest BCUT2D eigenvalue weighted by molar-refractivity contribution is -0.131. The van der Waals surface area contributed by atoms with Gasteiger partial charge in [-0.15, -0.1) is 0 Å². The molecule has 0 heterocycles. The molecule has 0 amide bonds. The van der Waals surface area contributed by atoms with Gasteiger partial charge in [-0.25, -0.2) is 17.5 Å². The van der Waals surface area contributed by atoms with Gasteiger partial charge in [-0.1, -0.05) is 36.0 Å². The normalized spacial score (nSPS) is 23.0. The number of carboxylic acid groups (broad SMARTS) is 1. The molecule has 0 spiro atoms. The van der Waals surface area contributed by atoms with Crippen molar-refractivity contribution in [1.29, 1.82) is 0 Å². The van der Waals surface area contributed by atoms with Crippen molar-refractivity contribution in [3.8, 4) is 0 Å². The number of nitrogens with zero attached hydrogens (tertiary/aromatic N) is 1. The third-order valence-corrected chi connectivity index (χ3v) is 7.10. The van der Waals surface area contributed by atoms with E-state index in [9.17, 15) is 18.3 Å². The molecule has 0 radical (unpaired) electrons. The highest BCUT2D eigenvalue weighted by Crippen LogP contribution is 2.40. The van der Waals surface area contributed by atoms with Crippen molar-refractivity contribution in [1.82, 2.24) is 4.31 Å². The minimum Gasteiger partial charge on any atom is -0.512 e. The molecule has 1 aliphatic rings. The van der Waals surface area contributed by atoms with Gasteiger partial charge in [0.1, 0.15) is 4.75 Å². The van der Waals surface area contributed by atoms with Crippen LogP contribution in [0.2, 0.25) is 0 Å². The zero-order chi connectivity index (χ0) is 20.8. The predicted octanol–water partition coefficient (Wildman–Crippen LogP) is 3.72. The van der Waals surface area contributed by atoms with Gasteiger partial charge in [0.15, 0.2) is 0 Å². The molecule has 6 nitrogen and oxygen atoms in total. The Hall–Kier alpha value is -2.12. The Balaban J connectivity index is 3.14. The summed E-state index contributed by atoms with van der Waals surface area (Å²) in [7, 11) is -0.608. The number of aliphatic hydroxyl groups is 1. The number of rotatable bonds is 7. The number of hydrogen-bond acceptors (Lipinski definition) is 4. The van der Waals surface area contributed by atoms with Crippen LogP contribution in [0.4, 0.5) is 0 Å². The quantitative estimate of drug-likeness (QED) is 0.506. The first-order valence-corrected chi connectivity index (χ1v) is 10.1. The van der Waals surface area contributed by atoms with E-state index in [0.717, 1.165) is 11.6 Å². The van der Waals surface area contributed by atoms with Crippen LogP contribution in [-0.4, -0.2) is 47.7 Å². The molecule has 1 rings (SSSR count). The molecular formula is C20H29NO5S. The van der Waals surface area contributed by atoms with Crippen LogP contribution >= 0.6 is 0 Å². The summed E-state index contributed by atoms with van der Waals surface area (Å²) < 4.78 is 25.6. The topological polar surface area (TPSA) is 94.9 Å². The van der Waals surface area contributed by atoms with Crippen molar-refractivity contribution in [3.63, 3.8) is 0 Å². The van der Waals surface area contributed by atoms with Crippen molar-refractivity contribution in [2.75, 3.05) is 14.1 Å². The third-order valence-electron chi connectivity index (χ3n) is 4.58. The van der Waals surface area contributed by atoms with Crippen LogP contribution in [0.5, 0.6) is 0 Å². The van der Waals surface area contributed by atoms with Gasteiger partial charge in [-0.2, -0.15) is 0 Å².